The van der Waals surface area contributed by atoms with Crippen LogP contribution in [0.15, 0.2) is 30.3 Å². The van der Waals surface area contributed by atoms with Gasteiger partial charge in [-0.2, -0.15) is 0 Å². The van der Waals surface area contributed by atoms with Crippen LogP contribution in [0.4, 0.5) is 4.79 Å². The van der Waals surface area contributed by atoms with Crippen molar-refractivity contribution in [2.75, 3.05) is 26.7 Å². The smallest absolute Gasteiger partial charge is 0.315 e. The van der Waals surface area contributed by atoms with Crippen molar-refractivity contribution in [1.29, 1.82) is 0 Å². The molecular weight excluding hydrogens is 316 g/mol. The van der Waals surface area contributed by atoms with Crippen LogP contribution in [-0.2, 0) is 4.79 Å². The van der Waals surface area contributed by atoms with E-state index in [0.717, 1.165) is 38.8 Å². The Kier molecular flexibility index (Phi) is 5.91. The third-order valence-electron chi connectivity index (χ3n) is 5.31. The van der Waals surface area contributed by atoms with Gasteiger partial charge in [0.15, 0.2) is 0 Å². The maximum Gasteiger partial charge on any atom is 0.315 e. The molecule has 0 radical (unpaired) electrons. The molecule has 1 saturated heterocycles. The van der Waals surface area contributed by atoms with Crippen LogP contribution < -0.4 is 16.0 Å². The fraction of sp³-hybridized carbons (Fsp3) is 0.579. The largest absolute Gasteiger partial charge is 0.358 e. The molecule has 6 heteroatoms. The van der Waals surface area contributed by atoms with Crippen molar-refractivity contribution < 1.29 is 9.59 Å². The van der Waals surface area contributed by atoms with Gasteiger partial charge in [-0.1, -0.05) is 30.3 Å². The van der Waals surface area contributed by atoms with E-state index in [-0.39, 0.29) is 24.0 Å². The van der Waals surface area contributed by atoms with E-state index in [4.69, 9.17) is 0 Å². The highest BCUT2D eigenvalue weighted by Crippen LogP contribution is 2.36. The molecule has 0 atom stereocenters. The van der Waals surface area contributed by atoms with Crippen LogP contribution in [0, 0.1) is 0 Å². The summed E-state index contributed by atoms with van der Waals surface area (Å²) in [5, 5.41) is 8.82. The molecule has 3 amide bonds. The van der Waals surface area contributed by atoms with Gasteiger partial charge in [0.05, 0.1) is 6.54 Å². The van der Waals surface area contributed by atoms with Crippen molar-refractivity contribution in [3.8, 4) is 0 Å². The van der Waals surface area contributed by atoms with Gasteiger partial charge < -0.3 is 16.0 Å². The predicted molar refractivity (Wildman–Crippen MR) is 97.4 cm³/mol. The number of urea groups is 1. The minimum absolute atomic E-state index is 0.0436. The van der Waals surface area contributed by atoms with Gasteiger partial charge >= 0.3 is 6.03 Å². The van der Waals surface area contributed by atoms with Gasteiger partial charge in [-0.15, -0.1) is 0 Å². The van der Waals surface area contributed by atoms with Crippen LogP contribution in [0.5, 0.6) is 0 Å². The normalized spacial score (nSPS) is 24.2. The van der Waals surface area contributed by atoms with Gasteiger partial charge in [0.1, 0.15) is 0 Å². The Hall–Kier alpha value is -2.08. The van der Waals surface area contributed by atoms with Gasteiger partial charge in [-0.3, -0.25) is 9.69 Å². The Bertz CT molecular complexity index is 578. The van der Waals surface area contributed by atoms with Crippen LogP contribution in [0.1, 0.15) is 37.2 Å². The first kappa shape index (κ1) is 17.7. The fourth-order valence-corrected chi connectivity index (χ4v) is 3.66. The average molecular weight is 344 g/mol. The zero-order valence-corrected chi connectivity index (χ0v) is 14.8. The summed E-state index contributed by atoms with van der Waals surface area (Å²) < 4.78 is 0. The van der Waals surface area contributed by atoms with Crippen molar-refractivity contribution in [3.63, 3.8) is 0 Å². The fourth-order valence-electron chi connectivity index (χ4n) is 3.66. The van der Waals surface area contributed by atoms with Crippen molar-refractivity contribution >= 4 is 11.9 Å². The highest BCUT2D eigenvalue weighted by molar-refractivity contribution is 5.77. The molecule has 0 bridgehead atoms. The van der Waals surface area contributed by atoms with Crippen LogP contribution >= 0.6 is 0 Å². The molecular formula is C19H28N4O2. The summed E-state index contributed by atoms with van der Waals surface area (Å²) in [5.41, 5.74) is 1.37. The molecule has 1 saturated carbocycles. The van der Waals surface area contributed by atoms with Gasteiger partial charge in [-0.05, 0) is 37.2 Å². The molecule has 1 aliphatic carbocycles. The zero-order valence-electron chi connectivity index (χ0n) is 14.8. The number of carbonyl (C=O) groups is 2. The lowest BCUT2D eigenvalue weighted by atomic mass is 9.76. The molecule has 6 nitrogen and oxygen atoms in total. The lowest BCUT2D eigenvalue weighted by Crippen LogP contribution is -2.53. The standard InChI is InChI=1S/C19H28N4O2/c1-20-18(24)13-23-9-7-16(8-10-23)21-19(25)22-17-11-15(12-17)14-5-3-2-4-6-14/h2-6,15-17H,7-13H2,1H3,(H,20,24)(H2,21,22,25). The number of benzene rings is 1. The second kappa shape index (κ2) is 8.34. The number of likely N-dealkylation sites (N-methyl/N-ethyl adjacent to an activating group) is 1. The van der Waals surface area contributed by atoms with E-state index in [1.807, 2.05) is 6.07 Å². The topological polar surface area (TPSA) is 73.5 Å². The van der Waals surface area contributed by atoms with Gasteiger partial charge in [0, 0.05) is 32.2 Å². The van der Waals surface area contributed by atoms with E-state index < -0.39 is 0 Å². The van der Waals surface area contributed by atoms with E-state index in [9.17, 15) is 9.59 Å². The van der Waals surface area contributed by atoms with E-state index in [1.54, 1.807) is 7.05 Å². The minimum Gasteiger partial charge on any atom is -0.358 e. The Morgan fingerprint density at radius 2 is 1.68 bits per heavy atom. The third-order valence-corrected chi connectivity index (χ3v) is 5.31. The molecule has 0 unspecified atom stereocenters. The molecule has 25 heavy (non-hydrogen) atoms. The van der Waals surface area contributed by atoms with E-state index in [1.165, 1.54) is 5.56 Å². The van der Waals surface area contributed by atoms with E-state index in [2.05, 4.69) is 45.1 Å². The number of nitrogens with zero attached hydrogens (tertiary/aromatic N) is 1. The first-order chi connectivity index (χ1) is 12.1. The van der Waals surface area contributed by atoms with Gasteiger partial charge in [0.2, 0.25) is 5.91 Å². The van der Waals surface area contributed by atoms with E-state index >= 15 is 0 Å². The molecule has 0 aromatic heterocycles. The summed E-state index contributed by atoms with van der Waals surface area (Å²) in [6.07, 6.45) is 3.81. The number of carbonyl (C=O) groups excluding carboxylic acids is 2. The molecule has 3 rings (SSSR count). The summed E-state index contributed by atoms with van der Waals surface area (Å²) in [6.45, 7) is 2.13. The van der Waals surface area contributed by atoms with Crippen molar-refractivity contribution in [2.45, 2.75) is 43.7 Å². The Labute approximate surface area is 149 Å². The number of hydrogen-bond acceptors (Lipinski definition) is 3. The van der Waals surface area contributed by atoms with Gasteiger partial charge in [-0.25, -0.2) is 4.79 Å². The van der Waals surface area contributed by atoms with E-state index in [0.29, 0.717) is 12.5 Å². The van der Waals surface area contributed by atoms with Crippen LogP contribution in [0.3, 0.4) is 0 Å². The quantitative estimate of drug-likeness (QED) is 0.757. The third kappa shape index (κ3) is 4.95. The molecule has 1 heterocycles. The first-order valence-electron chi connectivity index (χ1n) is 9.19. The van der Waals surface area contributed by atoms with Crippen molar-refractivity contribution in [2.24, 2.45) is 0 Å². The Morgan fingerprint density at radius 1 is 1.04 bits per heavy atom. The minimum atomic E-state index is -0.0544. The number of rotatable bonds is 5. The molecule has 136 valence electrons. The summed E-state index contributed by atoms with van der Waals surface area (Å²) >= 11 is 0. The number of nitrogens with one attached hydrogen (secondary N) is 3. The highest BCUT2D eigenvalue weighted by Gasteiger charge is 2.31. The lowest BCUT2D eigenvalue weighted by molar-refractivity contribution is -0.122. The van der Waals surface area contributed by atoms with Crippen LogP contribution in [-0.4, -0.2) is 55.6 Å². The summed E-state index contributed by atoms with van der Waals surface area (Å²) in [7, 11) is 1.66. The molecule has 1 aliphatic heterocycles. The molecule has 1 aromatic carbocycles. The second-order valence-corrected chi connectivity index (χ2v) is 7.12. The number of hydrogen-bond donors (Lipinski definition) is 3. The Balaban J connectivity index is 1.32. The average Bonchev–Trinajstić information content (AvgIpc) is 2.60. The van der Waals surface area contributed by atoms with Gasteiger partial charge in [0.25, 0.3) is 0 Å². The summed E-state index contributed by atoms with van der Waals surface area (Å²) in [5.74, 6) is 0.613. The molecule has 2 fully saturated rings. The van der Waals surface area contributed by atoms with Crippen LogP contribution in [0.2, 0.25) is 0 Å². The monoisotopic (exact) mass is 344 g/mol. The number of likely N-dealkylation sites (tertiary alicyclic amines) is 1. The molecule has 1 aromatic rings. The SMILES string of the molecule is CNC(=O)CN1CCC(NC(=O)NC2CC(c3ccccc3)C2)CC1. The first-order valence-corrected chi connectivity index (χ1v) is 9.19. The zero-order chi connectivity index (χ0) is 17.6. The maximum atomic E-state index is 12.2. The van der Waals surface area contributed by atoms with Crippen molar-refractivity contribution in [1.82, 2.24) is 20.9 Å². The highest BCUT2D eigenvalue weighted by atomic mass is 16.2. The van der Waals surface area contributed by atoms with Crippen LogP contribution in [0.25, 0.3) is 0 Å². The molecule has 0 spiro atoms. The number of piperidine rings is 1. The number of amides is 3. The lowest BCUT2D eigenvalue weighted by Gasteiger charge is -2.37. The molecule has 3 N–H and O–H groups in total. The second-order valence-electron chi connectivity index (χ2n) is 7.12. The maximum absolute atomic E-state index is 12.2. The van der Waals surface area contributed by atoms with Crippen molar-refractivity contribution in [3.05, 3.63) is 35.9 Å². The Morgan fingerprint density at radius 3 is 2.32 bits per heavy atom. The molecule has 2 aliphatic rings. The summed E-state index contributed by atoms with van der Waals surface area (Å²) in [6, 6.07) is 10.9. The predicted octanol–water partition coefficient (Wildman–Crippen LogP) is 1.44. The summed E-state index contributed by atoms with van der Waals surface area (Å²) in [4.78, 5) is 25.7.